The summed E-state index contributed by atoms with van der Waals surface area (Å²) in [7, 11) is 3.92. The van der Waals surface area contributed by atoms with Crippen molar-refractivity contribution in [1.82, 2.24) is 4.90 Å². The Kier molecular flexibility index (Phi) is 5.38. The van der Waals surface area contributed by atoms with Gasteiger partial charge in [-0.3, -0.25) is 10.1 Å². The highest BCUT2D eigenvalue weighted by atomic mass is 16.6. The Hall–Kier alpha value is -1.82. The second kappa shape index (κ2) is 7.26. The largest absolute Gasteiger partial charge is 0.388 e. The Morgan fingerprint density at radius 2 is 1.95 bits per heavy atom. The fourth-order valence-corrected chi connectivity index (χ4v) is 2.87. The average Bonchev–Trinajstić information content (AvgIpc) is 3.01. The molecule has 1 aromatic rings. The zero-order valence-corrected chi connectivity index (χ0v) is 12.8. The molecule has 0 aliphatic heterocycles. The Bertz CT molecular complexity index is 487. The number of nitro benzene ring substituents is 1. The van der Waals surface area contributed by atoms with Gasteiger partial charge in [0.2, 0.25) is 0 Å². The maximum atomic E-state index is 10.9. The molecule has 0 amide bonds. The maximum Gasteiger partial charge on any atom is 0.273 e. The molecule has 0 aromatic heterocycles. The van der Waals surface area contributed by atoms with Gasteiger partial charge in [0.1, 0.15) is 0 Å². The highest BCUT2D eigenvalue weighted by Gasteiger charge is 2.18. The smallest absolute Gasteiger partial charge is 0.273 e. The zero-order chi connectivity index (χ0) is 15.2. The molecular formula is C15H24N4O2. The van der Waals surface area contributed by atoms with Crippen molar-refractivity contribution in [3.63, 3.8) is 0 Å². The predicted molar refractivity (Wildman–Crippen MR) is 86.0 cm³/mol. The van der Waals surface area contributed by atoms with Crippen molar-refractivity contribution in [1.29, 1.82) is 0 Å². The van der Waals surface area contributed by atoms with Gasteiger partial charge in [0.25, 0.3) is 5.69 Å². The zero-order valence-electron chi connectivity index (χ0n) is 12.8. The molecule has 21 heavy (non-hydrogen) atoms. The van der Waals surface area contributed by atoms with Crippen LogP contribution < -0.4 is 10.6 Å². The highest BCUT2D eigenvalue weighted by molar-refractivity contribution is 5.63. The van der Waals surface area contributed by atoms with Crippen LogP contribution in [0.1, 0.15) is 25.7 Å². The fraction of sp³-hybridized carbons (Fsp3) is 0.600. The Labute approximate surface area is 125 Å². The summed E-state index contributed by atoms with van der Waals surface area (Å²) in [5.74, 6) is 0. The number of rotatable bonds is 7. The van der Waals surface area contributed by atoms with Gasteiger partial charge in [0, 0.05) is 49.7 Å². The standard InChI is InChI=1S/C15H24N4O2/c1-16-12-9-13(11-15(10-12)19(20)21)17-7-8-18(2)14-5-3-4-6-14/h9-11,14,16-17H,3-8H2,1-2H3. The maximum absolute atomic E-state index is 10.9. The van der Waals surface area contributed by atoms with Gasteiger partial charge in [-0.2, -0.15) is 0 Å². The minimum absolute atomic E-state index is 0.105. The van der Waals surface area contributed by atoms with Crippen molar-refractivity contribution in [3.05, 3.63) is 28.3 Å². The average molecular weight is 292 g/mol. The number of anilines is 2. The van der Waals surface area contributed by atoms with E-state index >= 15 is 0 Å². The normalized spacial score (nSPS) is 15.4. The van der Waals surface area contributed by atoms with Crippen LogP contribution in [0.5, 0.6) is 0 Å². The van der Waals surface area contributed by atoms with Crippen LogP contribution in [0.2, 0.25) is 0 Å². The summed E-state index contributed by atoms with van der Waals surface area (Å²) in [6, 6.07) is 5.71. The molecule has 1 aromatic carbocycles. The lowest BCUT2D eigenvalue weighted by molar-refractivity contribution is -0.384. The van der Waals surface area contributed by atoms with E-state index in [0.717, 1.165) is 24.5 Å². The number of nitrogens with zero attached hydrogens (tertiary/aromatic N) is 2. The predicted octanol–water partition coefficient (Wildman–Crippen LogP) is 2.92. The van der Waals surface area contributed by atoms with Crippen LogP contribution in [0.25, 0.3) is 0 Å². The van der Waals surface area contributed by atoms with Crippen molar-refractivity contribution in [3.8, 4) is 0 Å². The molecule has 116 valence electrons. The molecule has 0 saturated heterocycles. The van der Waals surface area contributed by atoms with Crippen molar-refractivity contribution in [2.24, 2.45) is 0 Å². The van der Waals surface area contributed by atoms with Crippen molar-refractivity contribution >= 4 is 17.1 Å². The number of nitrogens with one attached hydrogen (secondary N) is 2. The molecular weight excluding hydrogens is 268 g/mol. The van der Waals surface area contributed by atoms with E-state index in [9.17, 15) is 10.1 Å². The van der Waals surface area contributed by atoms with Crippen LogP contribution in [0.3, 0.4) is 0 Å². The first-order chi connectivity index (χ1) is 10.1. The van der Waals surface area contributed by atoms with Crippen molar-refractivity contribution in [2.75, 3.05) is 37.8 Å². The van der Waals surface area contributed by atoms with E-state index in [1.807, 2.05) is 6.07 Å². The van der Waals surface area contributed by atoms with Gasteiger partial charge in [-0.05, 0) is 26.0 Å². The summed E-state index contributed by atoms with van der Waals surface area (Å²) < 4.78 is 0. The van der Waals surface area contributed by atoms with Crippen LogP contribution in [0, 0.1) is 10.1 Å². The quantitative estimate of drug-likeness (QED) is 0.597. The molecule has 1 aliphatic carbocycles. The minimum Gasteiger partial charge on any atom is -0.388 e. The van der Waals surface area contributed by atoms with Gasteiger partial charge in [-0.1, -0.05) is 12.8 Å². The van der Waals surface area contributed by atoms with Crippen molar-refractivity contribution in [2.45, 2.75) is 31.7 Å². The molecule has 1 aliphatic rings. The summed E-state index contributed by atoms with van der Waals surface area (Å²) in [5.41, 5.74) is 1.64. The van der Waals surface area contributed by atoms with E-state index in [4.69, 9.17) is 0 Å². The van der Waals surface area contributed by atoms with E-state index < -0.39 is 0 Å². The molecule has 6 heteroatoms. The molecule has 0 bridgehead atoms. The lowest BCUT2D eigenvalue weighted by Crippen LogP contribution is -2.33. The first kappa shape index (κ1) is 15.6. The summed E-state index contributed by atoms with van der Waals surface area (Å²) in [5, 5.41) is 17.2. The van der Waals surface area contributed by atoms with Crippen LogP contribution in [0.4, 0.5) is 17.1 Å². The van der Waals surface area contributed by atoms with Crippen LogP contribution >= 0.6 is 0 Å². The van der Waals surface area contributed by atoms with E-state index in [0.29, 0.717) is 6.04 Å². The fourth-order valence-electron chi connectivity index (χ4n) is 2.87. The van der Waals surface area contributed by atoms with Crippen LogP contribution in [-0.4, -0.2) is 43.0 Å². The van der Waals surface area contributed by atoms with Crippen LogP contribution in [0.15, 0.2) is 18.2 Å². The van der Waals surface area contributed by atoms with Crippen LogP contribution in [-0.2, 0) is 0 Å². The second-order valence-electron chi connectivity index (χ2n) is 5.62. The molecule has 2 rings (SSSR count). The third-order valence-electron chi connectivity index (χ3n) is 4.16. The number of hydrogen-bond donors (Lipinski definition) is 2. The number of non-ortho nitro benzene ring substituents is 1. The number of nitro groups is 1. The lowest BCUT2D eigenvalue weighted by atomic mass is 10.2. The summed E-state index contributed by atoms with van der Waals surface area (Å²) in [6.45, 7) is 1.74. The summed E-state index contributed by atoms with van der Waals surface area (Å²) in [6.07, 6.45) is 5.24. The van der Waals surface area contributed by atoms with Gasteiger partial charge in [-0.15, -0.1) is 0 Å². The molecule has 0 atom stereocenters. The Morgan fingerprint density at radius 1 is 1.29 bits per heavy atom. The number of hydrogen-bond acceptors (Lipinski definition) is 5. The monoisotopic (exact) mass is 292 g/mol. The van der Waals surface area contributed by atoms with Gasteiger partial charge in [0.15, 0.2) is 0 Å². The number of benzene rings is 1. The van der Waals surface area contributed by atoms with Gasteiger partial charge >= 0.3 is 0 Å². The van der Waals surface area contributed by atoms with Gasteiger partial charge in [0.05, 0.1) is 4.92 Å². The van der Waals surface area contributed by atoms with E-state index in [1.165, 1.54) is 31.7 Å². The molecule has 6 nitrogen and oxygen atoms in total. The third kappa shape index (κ3) is 4.32. The SMILES string of the molecule is CNc1cc(NCCN(C)C2CCCC2)cc([N+](=O)[O-])c1. The van der Waals surface area contributed by atoms with Crippen molar-refractivity contribution < 1.29 is 4.92 Å². The lowest BCUT2D eigenvalue weighted by Gasteiger charge is -2.24. The van der Waals surface area contributed by atoms with Gasteiger partial charge < -0.3 is 15.5 Å². The molecule has 1 fully saturated rings. The third-order valence-corrected chi connectivity index (χ3v) is 4.16. The van der Waals surface area contributed by atoms with Gasteiger partial charge in [-0.25, -0.2) is 0 Å². The highest BCUT2D eigenvalue weighted by Crippen LogP contribution is 2.24. The second-order valence-corrected chi connectivity index (χ2v) is 5.62. The Morgan fingerprint density at radius 3 is 2.57 bits per heavy atom. The molecule has 2 N–H and O–H groups in total. The van der Waals surface area contributed by atoms with E-state index in [-0.39, 0.29) is 10.6 Å². The van der Waals surface area contributed by atoms with E-state index in [2.05, 4.69) is 22.6 Å². The topological polar surface area (TPSA) is 70.4 Å². The van der Waals surface area contributed by atoms with E-state index in [1.54, 1.807) is 13.1 Å². The Balaban J connectivity index is 1.89. The molecule has 0 unspecified atom stereocenters. The minimum atomic E-state index is -0.364. The molecule has 1 saturated carbocycles. The molecule has 0 spiro atoms. The first-order valence-corrected chi connectivity index (χ1v) is 7.51. The first-order valence-electron chi connectivity index (χ1n) is 7.51. The molecule has 0 radical (unpaired) electrons. The summed E-state index contributed by atoms with van der Waals surface area (Å²) >= 11 is 0. The molecule has 0 heterocycles. The summed E-state index contributed by atoms with van der Waals surface area (Å²) in [4.78, 5) is 12.9. The number of likely N-dealkylation sites (N-methyl/N-ethyl adjacent to an activating group) is 1.